The molecule has 0 spiro atoms. The Morgan fingerprint density at radius 1 is 1.23 bits per heavy atom. The SMILES string of the molecule is CCOC(=O)C(NC(=O)NC(C)(C)C)C(O)c1ccccc1. The molecule has 2 amide bonds. The number of hydrogen-bond donors (Lipinski definition) is 3. The molecule has 0 aliphatic rings. The van der Waals surface area contributed by atoms with E-state index in [-0.39, 0.29) is 6.61 Å². The molecular weight excluding hydrogens is 284 g/mol. The summed E-state index contributed by atoms with van der Waals surface area (Å²) in [6.45, 7) is 7.29. The van der Waals surface area contributed by atoms with E-state index in [0.29, 0.717) is 5.56 Å². The van der Waals surface area contributed by atoms with E-state index in [1.807, 2.05) is 20.8 Å². The minimum atomic E-state index is -1.19. The molecule has 0 saturated carbocycles. The van der Waals surface area contributed by atoms with Gasteiger partial charge in [0.05, 0.1) is 6.61 Å². The molecule has 1 aromatic rings. The molecule has 0 heterocycles. The summed E-state index contributed by atoms with van der Waals surface area (Å²) in [5.41, 5.74) is 0.0673. The van der Waals surface area contributed by atoms with Crippen molar-refractivity contribution in [3.8, 4) is 0 Å². The third-order valence-electron chi connectivity index (χ3n) is 2.77. The topological polar surface area (TPSA) is 87.7 Å². The third kappa shape index (κ3) is 5.73. The first-order chi connectivity index (χ1) is 10.2. The Kier molecular flexibility index (Phi) is 6.37. The molecule has 2 atom stereocenters. The number of hydrogen-bond acceptors (Lipinski definition) is 4. The van der Waals surface area contributed by atoms with E-state index in [4.69, 9.17) is 4.74 Å². The minimum absolute atomic E-state index is 0.166. The van der Waals surface area contributed by atoms with Crippen LogP contribution in [0.3, 0.4) is 0 Å². The van der Waals surface area contributed by atoms with Crippen molar-refractivity contribution >= 4 is 12.0 Å². The monoisotopic (exact) mass is 308 g/mol. The molecule has 2 unspecified atom stereocenters. The fourth-order valence-corrected chi connectivity index (χ4v) is 1.86. The van der Waals surface area contributed by atoms with Crippen LogP contribution < -0.4 is 10.6 Å². The highest BCUT2D eigenvalue weighted by atomic mass is 16.5. The van der Waals surface area contributed by atoms with Gasteiger partial charge in [0.2, 0.25) is 0 Å². The van der Waals surface area contributed by atoms with Crippen molar-refractivity contribution in [2.75, 3.05) is 6.61 Å². The summed E-state index contributed by atoms with van der Waals surface area (Å²) in [6, 6.07) is 6.94. The van der Waals surface area contributed by atoms with E-state index in [9.17, 15) is 14.7 Å². The van der Waals surface area contributed by atoms with Crippen molar-refractivity contribution in [3.05, 3.63) is 35.9 Å². The van der Waals surface area contributed by atoms with Crippen molar-refractivity contribution in [1.29, 1.82) is 0 Å². The van der Waals surface area contributed by atoms with E-state index < -0.39 is 29.7 Å². The summed E-state index contributed by atoms with van der Waals surface area (Å²) in [7, 11) is 0. The van der Waals surface area contributed by atoms with Gasteiger partial charge in [-0.25, -0.2) is 9.59 Å². The van der Waals surface area contributed by atoms with Gasteiger partial charge >= 0.3 is 12.0 Å². The van der Waals surface area contributed by atoms with Crippen LogP contribution in [0.4, 0.5) is 4.79 Å². The van der Waals surface area contributed by atoms with E-state index in [1.165, 1.54) is 0 Å². The molecule has 0 aliphatic heterocycles. The number of urea groups is 1. The number of aliphatic hydroxyl groups excluding tert-OH is 1. The molecule has 0 saturated heterocycles. The molecule has 1 aromatic carbocycles. The highest BCUT2D eigenvalue weighted by Gasteiger charge is 2.31. The second-order valence-electron chi connectivity index (χ2n) is 5.93. The van der Waals surface area contributed by atoms with Gasteiger partial charge in [0.25, 0.3) is 0 Å². The molecule has 6 heteroatoms. The Hall–Kier alpha value is -2.08. The zero-order valence-electron chi connectivity index (χ0n) is 13.4. The van der Waals surface area contributed by atoms with Gasteiger partial charge in [0, 0.05) is 5.54 Å². The van der Waals surface area contributed by atoms with Gasteiger partial charge in [-0.3, -0.25) is 0 Å². The number of amides is 2. The normalized spacial score (nSPS) is 13.9. The average molecular weight is 308 g/mol. The van der Waals surface area contributed by atoms with Gasteiger partial charge < -0.3 is 20.5 Å². The van der Waals surface area contributed by atoms with Crippen LogP contribution in [0, 0.1) is 0 Å². The smallest absolute Gasteiger partial charge is 0.331 e. The van der Waals surface area contributed by atoms with Crippen LogP contribution >= 0.6 is 0 Å². The van der Waals surface area contributed by atoms with Gasteiger partial charge in [0.1, 0.15) is 6.10 Å². The highest BCUT2D eigenvalue weighted by Crippen LogP contribution is 2.17. The first-order valence-corrected chi connectivity index (χ1v) is 7.23. The van der Waals surface area contributed by atoms with Crippen LogP contribution in [0.25, 0.3) is 0 Å². The minimum Gasteiger partial charge on any atom is -0.464 e. The maximum atomic E-state index is 12.0. The summed E-state index contributed by atoms with van der Waals surface area (Å²) < 4.78 is 4.94. The molecule has 0 bridgehead atoms. The van der Waals surface area contributed by atoms with Gasteiger partial charge in [-0.05, 0) is 33.3 Å². The molecule has 122 valence electrons. The fraction of sp³-hybridized carbons (Fsp3) is 0.500. The molecule has 22 heavy (non-hydrogen) atoms. The van der Waals surface area contributed by atoms with Crippen LogP contribution in [0.2, 0.25) is 0 Å². The summed E-state index contributed by atoms with van der Waals surface area (Å²) >= 11 is 0. The molecule has 6 nitrogen and oxygen atoms in total. The molecule has 3 N–H and O–H groups in total. The first kappa shape index (κ1) is 18.0. The van der Waals surface area contributed by atoms with E-state index in [2.05, 4.69) is 10.6 Å². The number of ether oxygens (including phenoxy) is 1. The lowest BCUT2D eigenvalue weighted by molar-refractivity contribution is -0.148. The maximum Gasteiger partial charge on any atom is 0.331 e. The zero-order valence-corrected chi connectivity index (χ0v) is 13.4. The van der Waals surface area contributed by atoms with Gasteiger partial charge in [-0.2, -0.15) is 0 Å². The lowest BCUT2D eigenvalue weighted by atomic mass is 10.0. The summed E-state index contributed by atoms with van der Waals surface area (Å²) in [5, 5.41) is 15.5. The predicted octanol–water partition coefficient (Wildman–Crippen LogP) is 1.75. The predicted molar refractivity (Wildman–Crippen MR) is 83.2 cm³/mol. The molecule has 0 aliphatic carbocycles. The number of aliphatic hydroxyl groups is 1. The van der Waals surface area contributed by atoms with Crippen molar-refractivity contribution in [2.24, 2.45) is 0 Å². The molecule has 0 radical (unpaired) electrons. The Morgan fingerprint density at radius 2 is 1.82 bits per heavy atom. The van der Waals surface area contributed by atoms with E-state index in [0.717, 1.165) is 0 Å². The standard InChI is InChI=1S/C16H24N2O4/c1-5-22-14(20)12(17-15(21)18-16(2,3)4)13(19)11-9-7-6-8-10-11/h6-10,12-13,19H,5H2,1-4H3,(H2,17,18,21). The largest absolute Gasteiger partial charge is 0.464 e. The Bertz CT molecular complexity index is 497. The molecule has 0 fully saturated rings. The second kappa shape index (κ2) is 7.79. The maximum absolute atomic E-state index is 12.0. The van der Waals surface area contributed by atoms with E-state index >= 15 is 0 Å². The van der Waals surface area contributed by atoms with Crippen molar-refractivity contribution < 1.29 is 19.4 Å². The van der Waals surface area contributed by atoms with Gasteiger partial charge in [-0.1, -0.05) is 30.3 Å². The second-order valence-corrected chi connectivity index (χ2v) is 5.93. The zero-order chi connectivity index (χ0) is 16.8. The van der Waals surface area contributed by atoms with E-state index in [1.54, 1.807) is 37.3 Å². The van der Waals surface area contributed by atoms with Crippen LogP contribution in [0.15, 0.2) is 30.3 Å². The van der Waals surface area contributed by atoms with Crippen molar-refractivity contribution in [1.82, 2.24) is 10.6 Å². The number of rotatable bonds is 5. The van der Waals surface area contributed by atoms with Crippen LogP contribution in [0.5, 0.6) is 0 Å². The molecule has 1 rings (SSSR count). The number of carbonyl (C=O) groups excluding carboxylic acids is 2. The Balaban J connectivity index is 2.89. The number of esters is 1. The van der Waals surface area contributed by atoms with Gasteiger partial charge in [0.15, 0.2) is 6.04 Å². The number of nitrogens with one attached hydrogen (secondary N) is 2. The summed E-state index contributed by atoms with van der Waals surface area (Å²) in [4.78, 5) is 24.0. The van der Waals surface area contributed by atoms with Gasteiger partial charge in [-0.15, -0.1) is 0 Å². The first-order valence-electron chi connectivity index (χ1n) is 7.23. The highest BCUT2D eigenvalue weighted by molar-refractivity contribution is 5.84. The molecular formula is C16H24N2O4. The van der Waals surface area contributed by atoms with Crippen molar-refractivity contribution in [3.63, 3.8) is 0 Å². The number of carbonyl (C=O) groups is 2. The lowest BCUT2D eigenvalue weighted by Crippen LogP contribution is -2.53. The summed E-state index contributed by atoms with van der Waals surface area (Å²) in [6.07, 6.45) is -1.19. The lowest BCUT2D eigenvalue weighted by Gasteiger charge is -2.26. The van der Waals surface area contributed by atoms with Crippen molar-refractivity contribution in [2.45, 2.75) is 45.4 Å². The summed E-state index contributed by atoms with van der Waals surface area (Å²) in [5.74, 6) is -0.678. The Labute approximate surface area is 130 Å². The quantitative estimate of drug-likeness (QED) is 0.723. The Morgan fingerprint density at radius 3 is 2.32 bits per heavy atom. The number of benzene rings is 1. The van der Waals surface area contributed by atoms with Crippen LogP contribution in [0.1, 0.15) is 39.4 Å². The fourth-order valence-electron chi connectivity index (χ4n) is 1.86. The average Bonchev–Trinajstić information content (AvgIpc) is 2.43. The van der Waals surface area contributed by atoms with Crippen LogP contribution in [-0.2, 0) is 9.53 Å². The third-order valence-corrected chi connectivity index (χ3v) is 2.77. The van der Waals surface area contributed by atoms with Crippen LogP contribution in [-0.4, -0.2) is 35.3 Å². The molecule has 0 aromatic heterocycles.